The minimum absolute atomic E-state index is 0.194. The third kappa shape index (κ3) is 2.35. The molecule has 0 bridgehead atoms. The Hall–Kier alpha value is -2.40. The predicted molar refractivity (Wildman–Crippen MR) is 74.2 cm³/mol. The average molecular weight is 288 g/mol. The first-order valence-corrected chi connectivity index (χ1v) is 6.33. The van der Waals surface area contributed by atoms with Gasteiger partial charge in [0.25, 0.3) is 0 Å². The van der Waals surface area contributed by atoms with E-state index in [1.54, 1.807) is 10.6 Å². The molecule has 20 heavy (non-hydrogen) atoms. The molecule has 0 aliphatic carbocycles. The summed E-state index contributed by atoms with van der Waals surface area (Å²) >= 11 is 5.95. The SMILES string of the molecule is O=C(O)c1ccn2c(Cc3cccc(Cl)c3)nnc2c1. The summed E-state index contributed by atoms with van der Waals surface area (Å²) in [4.78, 5) is 10.9. The van der Waals surface area contributed by atoms with E-state index < -0.39 is 5.97 Å². The van der Waals surface area contributed by atoms with Crippen LogP contribution in [-0.4, -0.2) is 25.7 Å². The first-order valence-electron chi connectivity index (χ1n) is 5.95. The summed E-state index contributed by atoms with van der Waals surface area (Å²) in [6.45, 7) is 0. The number of aromatic nitrogens is 3. The number of nitrogens with zero attached hydrogens (tertiary/aromatic N) is 3. The summed E-state index contributed by atoms with van der Waals surface area (Å²) in [7, 11) is 0. The molecular weight excluding hydrogens is 278 g/mol. The minimum atomic E-state index is -0.980. The summed E-state index contributed by atoms with van der Waals surface area (Å²) in [5.41, 5.74) is 1.73. The maximum atomic E-state index is 10.9. The molecule has 0 unspecified atom stereocenters. The zero-order valence-electron chi connectivity index (χ0n) is 10.3. The van der Waals surface area contributed by atoms with Gasteiger partial charge in [-0.15, -0.1) is 10.2 Å². The highest BCUT2D eigenvalue weighted by Crippen LogP contribution is 2.15. The van der Waals surface area contributed by atoms with Gasteiger partial charge in [0, 0.05) is 17.6 Å². The quantitative estimate of drug-likeness (QED) is 0.804. The first-order chi connectivity index (χ1) is 9.63. The normalized spacial score (nSPS) is 10.8. The zero-order valence-corrected chi connectivity index (χ0v) is 11.1. The fraction of sp³-hybridized carbons (Fsp3) is 0.0714. The van der Waals surface area contributed by atoms with Gasteiger partial charge in [-0.05, 0) is 29.8 Å². The Labute approximate surface area is 119 Å². The van der Waals surface area contributed by atoms with Crippen LogP contribution in [0.1, 0.15) is 21.7 Å². The van der Waals surface area contributed by atoms with Crippen molar-refractivity contribution < 1.29 is 9.90 Å². The smallest absolute Gasteiger partial charge is 0.335 e. The Morgan fingerprint density at radius 1 is 1.25 bits per heavy atom. The molecule has 0 aliphatic heterocycles. The summed E-state index contributed by atoms with van der Waals surface area (Å²) < 4.78 is 1.77. The van der Waals surface area contributed by atoms with Crippen molar-refractivity contribution in [1.82, 2.24) is 14.6 Å². The predicted octanol–water partition coefficient (Wildman–Crippen LogP) is 2.67. The highest BCUT2D eigenvalue weighted by atomic mass is 35.5. The number of pyridine rings is 1. The number of carbonyl (C=O) groups is 1. The number of hydrogen-bond acceptors (Lipinski definition) is 3. The topological polar surface area (TPSA) is 67.5 Å². The average Bonchev–Trinajstić information content (AvgIpc) is 2.81. The number of carboxylic acids is 1. The fourth-order valence-corrected chi connectivity index (χ4v) is 2.24. The van der Waals surface area contributed by atoms with Crippen LogP contribution in [0.5, 0.6) is 0 Å². The monoisotopic (exact) mass is 287 g/mol. The molecule has 3 aromatic rings. The molecular formula is C14H10ClN3O2. The van der Waals surface area contributed by atoms with Crippen molar-refractivity contribution in [2.24, 2.45) is 0 Å². The maximum absolute atomic E-state index is 10.9. The Morgan fingerprint density at radius 2 is 2.10 bits per heavy atom. The van der Waals surface area contributed by atoms with Gasteiger partial charge < -0.3 is 5.11 Å². The highest BCUT2D eigenvalue weighted by Gasteiger charge is 2.09. The van der Waals surface area contributed by atoms with E-state index in [1.807, 2.05) is 24.3 Å². The van der Waals surface area contributed by atoms with E-state index in [0.29, 0.717) is 17.1 Å². The molecule has 0 aliphatic rings. The van der Waals surface area contributed by atoms with Gasteiger partial charge in [0.1, 0.15) is 5.82 Å². The lowest BCUT2D eigenvalue weighted by atomic mass is 10.1. The van der Waals surface area contributed by atoms with Gasteiger partial charge in [-0.1, -0.05) is 23.7 Å². The lowest BCUT2D eigenvalue weighted by molar-refractivity contribution is 0.0697. The molecule has 6 heteroatoms. The number of rotatable bonds is 3. The lowest BCUT2D eigenvalue weighted by Gasteiger charge is -2.02. The Balaban J connectivity index is 1.98. The van der Waals surface area contributed by atoms with Crippen LogP contribution in [0.4, 0.5) is 0 Å². The van der Waals surface area contributed by atoms with Gasteiger partial charge in [0.15, 0.2) is 5.65 Å². The number of aromatic carboxylic acids is 1. The van der Waals surface area contributed by atoms with E-state index in [-0.39, 0.29) is 5.56 Å². The summed E-state index contributed by atoms with van der Waals surface area (Å²) in [5.74, 6) is -0.244. The van der Waals surface area contributed by atoms with Crippen molar-refractivity contribution in [1.29, 1.82) is 0 Å². The van der Waals surface area contributed by atoms with Crippen LogP contribution in [0.3, 0.4) is 0 Å². The van der Waals surface area contributed by atoms with Crippen LogP contribution in [-0.2, 0) is 6.42 Å². The first kappa shape index (κ1) is 12.6. The zero-order chi connectivity index (χ0) is 14.1. The molecule has 0 saturated heterocycles. The van der Waals surface area contributed by atoms with E-state index in [9.17, 15) is 4.79 Å². The lowest BCUT2D eigenvalue weighted by Crippen LogP contribution is -2.00. The number of halogens is 1. The van der Waals surface area contributed by atoms with Gasteiger partial charge in [-0.2, -0.15) is 0 Å². The van der Waals surface area contributed by atoms with Gasteiger partial charge in [-0.25, -0.2) is 4.79 Å². The molecule has 0 amide bonds. The minimum Gasteiger partial charge on any atom is -0.478 e. The second-order valence-electron chi connectivity index (χ2n) is 4.37. The molecule has 3 rings (SSSR count). The number of fused-ring (bicyclic) bond motifs is 1. The Kier molecular flexibility index (Phi) is 3.12. The highest BCUT2D eigenvalue weighted by molar-refractivity contribution is 6.30. The third-order valence-electron chi connectivity index (χ3n) is 2.98. The largest absolute Gasteiger partial charge is 0.478 e. The van der Waals surface area contributed by atoms with Crippen molar-refractivity contribution in [3.63, 3.8) is 0 Å². The number of hydrogen-bond donors (Lipinski definition) is 1. The molecule has 0 atom stereocenters. The van der Waals surface area contributed by atoms with Crippen LogP contribution in [0.25, 0.3) is 5.65 Å². The molecule has 5 nitrogen and oxygen atoms in total. The van der Waals surface area contributed by atoms with Crippen LogP contribution < -0.4 is 0 Å². The van der Waals surface area contributed by atoms with E-state index in [2.05, 4.69) is 10.2 Å². The van der Waals surface area contributed by atoms with Gasteiger partial charge in [-0.3, -0.25) is 4.40 Å². The van der Waals surface area contributed by atoms with Crippen molar-refractivity contribution in [2.75, 3.05) is 0 Å². The standard InChI is InChI=1S/C14H10ClN3O2/c15-11-3-1-2-9(6-11)7-12-16-17-13-8-10(14(19)20)4-5-18(12)13/h1-6,8H,7H2,(H,19,20). The molecule has 1 aromatic carbocycles. The van der Waals surface area contributed by atoms with Crippen LogP contribution in [0, 0.1) is 0 Å². The van der Waals surface area contributed by atoms with Crippen LogP contribution in [0.15, 0.2) is 42.6 Å². The Bertz CT molecular complexity index is 798. The van der Waals surface area contributed by atoms with Crippen molar-refractivity contribution in [2.45, 2.75) is 6.42 Å². The van der Waals surface area contributed by atoms with E-state index in [1.165, 1.54) is 12.1 Å². The molecule has 0 spiro atoms. The molecule has 100 valence electrons. The second-order valence-corrected chi connectivity index (χ2v) is 4.81. The summed E-state index contributed by atoms with van der Waals surface area (Å²) in [6, 6.07) is 10.5. The summed E-state index contributed by atoms with van der Waals surface area (Å²) in [6.07, 6.45) is 2.24. The van der Waals surface area contributed by atoms with Crippen LogP contribution in [0.2, 0.25) is 5.02 Å². The molecule has 1 N–H and O–H groups in total. The third-order valence-corrected chi connectivity index (χ3v) is 3.21. The molecule has 2 aromatic heterocycles. The van der Waals surface area contributed by atoms with E-state index >= 15 is 0 Å². The van der Waals surface area contributed by atoms with Crippen molar-refractivity contribution in [3.8, 4) is 0 Å². The van der Waals surface area contributed by atoms with Crippen LogP contribution >= 0.6 is 11.6 Å². The molecule has 0 radical (unpaired) electrons. The maximum Gasteiger partial charge on any atom is 0.335 e. The van der Waals surface area contributed by atoms with E-state index in [0.717, 1.165) is 11.4 Å². The number of carboxylic acid groups (broad SMARTS) is 1. The summed E-state index contributed by atoms with van der Waals surface area (Å²) in [5, 5.41) is 17.7. The molecule has 0 fully saturated rings. The van der Waals surface area contributed by atoms with Gasteiger partial charge in [0.05, 0.1) is 5.56 Å². The molecule has 0 saturated carbocycles. The van der Waals surface area contributed by atoms with Gasteiger partial charge >= 0.3 is 5.97 Å². The van der Waals surface area contributed by atoms with Crippen molar-refractivity contribution in [3.05, 3.63) is 64.6 Å². The second kappa shape index (κ2) is 4.94. The Morgan fingerprint density at radius 3 is 2.85 bits per heavy atom. The van der Waals surface area contributed by atoms with E-state index in [4.69, 9.17) is 16.7 Å². The fourth-order valence-electron chi connectivity index (χ4n) is 2.02. The molecule has 2 heterocycles. The van der Waals surface area contributed by atoms with Crippen molar-refractivity contribution >= 4 is 23.2 Å². The van der Waals surface area contributed by atoms with Gasteiger partial charge in [0.2, 0.25) is 0 Å². The number of benzene rings is 1.